The SMILES string of the molecule is CC(C)CC(NC(=O)C(CO)NC(=O)C(N)Cc1c[nH]c2ccccc12)C(=O)NC(CO)C(=O)O. The highest BCUT2D eigenvalue weighted by molar-refractivity contribution is 5.94. The van der Waals surface area contributed by atoms with E-state index in [0.29, 0.717) is 0 Å². The van der Waals surface area contributed by atoms with E-state index in [1.807, 2.05) is 24.3 Å². The average molecular weight is 492 g/mol. The molecule has 9 N–H and O–H groups in total. The van der Waals surface area contributed by atoms with Crippen LogP contribution in [0.25, 0.3) is 10.9 Å². The van der Waals surface area contributed by atoms with E-state index in [1.165, 1.54) is 0 Å². The van der Waals surface area contributed by atoms with Gasteiger partial charge in [-0.2, -0.15) is 0 Å². The van der Waals surface area contributed by atoms with Crippen molar-refractivity contribution < 1.29 is 34.5 Å². The highest BCUT2D eigenvalue weighted by Crippen LogP contribution is 2.18. The van der Waals surface area contributed by atoms with Crippen LogP contribution < -0.4 is 21.7 Å². The molecule has 0 spiro atoms. The standard InChI is InChI=1S/C23H33N5O7/c1-12(2)7-17(21(32)28-19(11-30)23(34)35)26-22(33)18(10-29)27-20(31)15(24)8-13-9-25-16-6-4-3-5-14(13)16/h3-6,9,12,15,17-19,25,29-30H,7-8,10-11,24H2,1-2H3,(H,26,33)(H,27,31)(H,28,32)(H,34,35). The summed E-state index contributed by atoms with van der Waals surface area (Å²) in [6.45, 7) is 2.01. The van der Waals surface area contributed by atoms with Crippen molar-refractivity contribution in [2.24, 2.45) is 11.7 Å². The minimum atomic E-state index is -1.54. The number of aliphatic hydroxyl groups is 2. The number of aliphatic carboxylic acids is 1. The Morgan fingerprint density at radius 3 is 2.09 bits per heavy atom. The maximum absolute atomic E-state index is 12.7. The van der Waals surface area contributed by atoms with Crippen molar-refractivity contribution in [1.29, 1.82) is 0 Å². The lowest BCUT2D eigenvalue weighted by atomic mass is 10.0. The van der Waals surface area contributed by atoms with Gasteiger partial charge in [0.2, 0.25) is 17.7 Å². The lowest BCUT2D eigenvalue weighted by molar-refractivity contribution is -0.143. The van der Waals surface area contributed by atoms with E-state index >= 15 is 0 Å². The molecule has 0 fully saturated rings. The third-order valence-electron chi connectivity index (χ3n) is 5.40. The molecule has 1 aromatic heterocycles. The van der Waals surface area contributed by atoms with E-state index in [1.54, 1.807) is 20.0 Å². The van der Waals surface area contributed by atoms with Gasteiger partial charge in [0, 0.05) is 17.1 Å². The summed E-state index contributed by atoms with van der Waals surface area (Å²) in [7, 11) is 0. The normalized spacial score (nSPS) is 14.7. The topological polar surface area (TPSA) is 207 Å². The molecule has 1 aromatic carbocycles. The summed E-state index contributed by atoms with van der Waals surface area (Å²) < 4.78 is 0. The summed E-state index contributed by atoms with van der Waals surface area (Å²) in [4.78, 5) is 52.1. The number of rotatable bonds is 13. The molecular formula is C23H33N5O7. The van der Waals surface area contributed by atoms with Gasteiger partial charge in [-0.25, -0.2) is 4.79 Å². The number of para-hydroxylation sites is 1. The summed E-state index contributed by atoms with van der Waals surface area (Å²) in [5, 5.41) is 35.8. The van der Waals surface area contributed by atoms with E-state index in [-0.39, 0.29) is 18.8 Å². The van der Waals surface area contributed by atoms with Gasteiger partial charge in [-0.05, 0) is 30.4 Å². The minimum Gasteiger partial charge on any atom is -0.480 e. The Labute approximate surface area is 202 Å². The molecule has 0 saturated heterocycles. The van der Waals surface area contributed by atoms with Gasteiger partial charge in [-0.1, -0.05) is 32.0 Å². The number of nitrogens with two attached hydrogens (primary N) is 1. The number of aliphatic hydroxyl groups excluding tert-OH is 2. The Hall–Kier alpha value is -3.48. The molecule has 35 heavy (non-hydrogen) atoms. The van der Waals surface area contributed by atoms with E-state index in [9.17, 15) is 24.3 Å². The molecule has 0 aliphatic heterocycles. The van der Waals surface area contributed by atoms with Gasteiger partial charge in [0.1, 0.15) is 18.1 Å². The average Bonchev–Trinajstić information content (AvgIpc) is 3.22. The number of carboxylic acid groups (broad SMARTS) is 1. The second-order valence-electron chi connectivity index (χ2n) is 8.69. The van der Waals surface area contributed by atoms with Gasteiger partial charge in [-0.3, -0.25) is 14.4 Å². The molecular weight excluding hydrogens is 458 g/mol. The molecule has 4 unspecified atom stereocenters. The Bertz CT molecular complexity index is 1040. The molecule has 12 heteroatoms. The van der Waals surface area contributed by atoms with Crippen molar-refractivity contribution in [3.05, 3.63) is 36.0 Å². The highest BCUT2D eigenvalue weighted by atomic mass is 16.4. The van der Waals surface area contributed by atoms with Crippen LogP contribution in [0.1, 0.15) is 25.8 Å². The largest absolute Gasteiger partial charge is 0.480 e. The van der Waals surface area contributed by atoms with Crippen molar-refractivity contribution in [3.63, 3.8) is 0 Å². The fraction of sp³-hybridized carbons (Fsp3) is 0.478. The van der Waals surface area contributed by atoms with Crippen LogP contribution >= 0.6 is 0 Å². The number of aromatic nitrogens is 1. The minimum absolute atomic E-state index is 0.0600. The van der Waals surface area contributed by atoms with Crippen LogP contribution in [-0.4, -0.2) is 81.4 Å². The number of hydrogen-bond acceptors (Lipinski definition) is 7. The number of H-pyrrole nitrogens is 1. The quantitative estimate of drug-likeness (QED) is 0.167. The maximum atomic E-state index is 12.7. The number of benzene rings is 1. The first-order chi connectivity index (χ1) is 16.6. The van der Waals surface area contributed by atoms with Gasteiger partial charge < -0.3 is 42.0 Å². The first-order valence-corrected chi connectivity index (χ1v) is 11.2. The lowest BCUT2D eigenvalue weighted by Crippen LogP contribution is -2.58. The Kier molecular flexibility index (Phi) is 10.2. The molecule has 3 amide bonds. The fourth-order valence-corrected chi connectivity index (χ4v) is 3.54. The molecule has 2 rings (SSSR count). The third-order valence-corrected chi connectivity index (χ3v) is 5.40. The summed E-state index contributed by atoms with van der Waals surface area (Å²) in [6.07, 6.45) is 2.09. The molecule has 0 radical (unpaired) electrons. The molecule has 2 aromatic rings. The van der Waals surface area contributed by atoms with Crippen LogP contribution in [0.2, 0.25) is 0 Å². The Morgan fingerprint density at radius 2 is 1.49 bits per heavy atom. The monoisotopic (exact) mass is 491 g/mol. The Morgan fingerprint density at radius 1 is 0.914 bits per heavy atom. The molecule has 12 nitrogen and oxygen atoms in total. The van der Waals surface area contributed by atoms with Crippen LogP contribution in [0.3, 0.4) is 0 Å². The highest BCUT2D eigenvalue weighted by Gasteiger charge is 2.30. The number of hydrogen-bond donors (Lipinski definition) is 8. The molecule has 192 valence electrons. The second kappa shape index (κ2) is 12.8. The molecule has 0 bridgehead atoms. The van der Waals surface area contributed by atoms with Gasteiger partial charge >= 0.3 is 5.97 Å². The fourth-order valence-electron chi connectivity index (χ4n) is 3.54. The van der Waals surface area contributed by atoms with E-state index in [4.69, 9.17) is 15.9 Å². The van der Waals surface area contributed by atoms with E-state index in [0.717, 1.165) is 16.5 Å². The van der Waals surface area contributed by atoms with Crippen molar-refractivity contribution in [3.8, 4) is 0 Å². The number of carbonyl (C=O) groups is 4. The summed E-state index contributed by atoms with van der Waals surface area (Å²) in [5.74, 6) is -3.81. The van der Waals surface area contributed by atoms with Crippen molar-refractivity contribution >= 4 is 34.6 Å². The third kappa shape index (κ3) is 7.77. The smallest absolute Gasteiger partial charge is 0.328 e. The van der Waals surface area contributed by atoms with Gasteiger partial charge in [0.25, 0.3) is 0 Å². The van der Waals surface area contributed by atoms with Crippen LogP contribution in [0.4, 0.5) is 0 Å². The van der Waals surface area contributed by atoms with Gasteiger partial charge in [0.05, 0.1) is 19.3 Å². The predicted molar refractivity (Wildman–Crippen MR) is 127 cm³/mol. The Balaban J connectivity index is 2.03. The second-order valence-corrected chi connectivity index (χ2v) is 8.69. The molecule has 0 aliphatic rings. The molecule has 0 aliphatic carbocycles. The van der Waals surface area contributed by atoms with Gasteiger partial charge in [-0.15, -0.1) is 0 Å². The summed E-state index contributed by atoms with van der Waals surface area (Å²) >= 11 is 0. The predicted octanol–water partition coefficient (Wildman–Crippen LogP) is -1.39. The van der Waals surface area contributed by atoms with Gasteiger partial charge in [0.15, 0.2) is 0 Å². The maximum Gasteiger partial charge on any atom is 0.328 e. The number of fused-ring (bicyclic) bond motifs is 1. The lowest BCUT2D eigenvalue weighted by Gasteiger charge is -2.25. The summed E-state index contributed by atoms with van der Waals surface area (Å²) in [5.41, 5.74) is 7.74. The molecule has 1 heterocycles. The zero-order chi connectivity index (χ0) is 26.1. The number of carboxylic acids is 1. The number of aromatic amines is 1. The van der Waals surface area contributed by atoms with Crippen LogP contribution in [0.15, 0.2) is 30.5 Å². The van der Waals surface area contributed by atoms with Crippen LogP contribution in [-0.2, 0) is 25.6 Å². The van der Waals surface area contributed by atoms with Crippen molar-refractivity contribution in [2.75, 3.05) is 13.2 Å². The first-order valence-electron chi connectivity index (χ1n) is 11.2. The zero-order valence-electron chi connectivity index (χ0n) is 19.7. The van der Waals surface area contributed by atoms with E-state index in [2.05, 4.69) is 20.9 Å². The molecule has 4 atom stereocenters. The summed E-state index contributed by atoms with van der Waals surface area (Å²) in [6, 6.07) is 2.43. The van der Waals surface area contributed by atoms with Crippen molar-refractivity contribution in [2.45, 2.75) is 50.9 Å². The van der Waals surface area contributed by atoms with E-state index < -0.39 is 61.1 Å². The number of carbonyl (C=O) groups excluding carboxylic acids is 3. The zero-order valence-corrected chi connectivity index (χ0v) is 19.7. The first kappa shape index (κ1) is 27.8. The number of nitrogens with one attached hydrogen (secondary N) is 4. The van der Waals surface area contributed by atoms with Crippen LogP contribution in [0.5, 0.6) is 0 Å². The number of amides is 3. The van der Waals surface area contributed by atoms with Crippen LogP contribution in [0, 0.1) is 5.92 Å². The van der Waals surface area contributed by atoms with Crippen molar-refractivity contribution in [1.82, 2.24) is 20.9 Å². The molecule has 0 saturated carbocycles.